The summed E-state index contributed by atoms with van der Waals surface area (Å²) < 4.78 is 0. The van der Waals surface area contributed by atoms with Crippen LogP contribution in [0.1, 0.15) is 18.4 Å². The quantitative estimate of drug-likeness (QED) is 0.796. The number of nitrogens with zero attached hydrogens (tertiary/aromatic N) is 1. The minimum Gasteiger partial charge on any atom is -0.481 e. The van der Waals surface area contributed by atoms with Gasteiger partial charge in [0.05, 0.1) is 11.8 Å². The van der Waals surface area contributed by atoms with Crippen molar-refractivity contribution in [2.45, 2.75) is 19.3 Å². The van der Waals surface area contributed by atoms with Crippen molar-refractivity contribution in [3.05, 3.63) is 42.2 Å². The van der Waals surface area contributed by atoms with Crippen molar-refractivity contribution in [3.63, 3.8) is 0 Å². The molecular weight excluding hydrogens is 256 g/mol. The van der Waals surface area contributed by atoms with Crippen molar-refractivity contribution in [2.24, 2.45) is 11.8 Å². The van der Waals surface area contributed by atoms with E-state index >= 15 is 0 Å². The summed E-state index contributed by atoms with van der Waals surface area (Å²) in [7, 11) is 0. The number of rotatable bonds is 5. The number of carbonyl (C=O) groups is 2. The van der Waals surface area contributed by atoms with Gasteiger partial charge in [0.2, 0.25) is 5.91 Å². The molecule has 0 aromatic carbocycles. The van der Waals surface area contributed by atoms with E-state index in [9.17, 15) is 9.59 Å². The topological polar surface area (TPSA) is 79.3 Å². The van der Waals surface area contributed by atoms with Crippen LogP contribution in [-0.4, -0.2) is 28.5 Å². The van der Waals surface area contributed by atoms with Gasteiger partial charge in [-0.2, -0.15) is 0 Å². The number of hydrogen-bond acceptors (Lipinski definition) is 3. The van der Waals surface area contributed by atoms with E-state index in [0.29, 0.717) is 25.8 Å². The minimum absolute atomic E-state index is 0.171. The van der Waals surface area contributed by atoms with Crippen LogP contribution in [-0.2, 0) is 16.0 Å². The molecule has 106 valence electrons. The van der Waals surface area contributed by atoms with E-state index in [1.165, 1.54) is 0 Å². The molecular formula is C15H18N2O3. The molecule has 0 unspecified atom stereocenters. The molecule has 0 aliphatic heterocycles. The molecule has 1 aromatic heterocycles. The molecule has 1 amide bonds. The number of pyridine rings is 1. The Morgan fingerprint density at radius 3 is 2.50 bits per heavy atom. The summed E-state index contributed by atoms with van der Waals surface area (Å²) in [4.78, 5) is 27.2. The summed E-state index contributed by atoms with van der Waals surface area (Å²) in [6.45, 7) is 0.509. The lowest BCUT2D eigenvalue weighted by Crippen LogP contribution is -2.39. The van der Waals surface area contributed by atoms with Crippen LogP contribution in [0.5, 0.6) is 0 Å². The van der Waals surface area contributed by atoms with Crippen LogP contribution in [0.2, 0.25) is 0 Å². The molecule has 1 aliphatic rings. The molecule has 1 aliphatic carbocycles. The van der Waals surface area contributed by atoms with Crippen molar-refractivity contribution in [1.29, 1.82) is 0 Å². The maximum Gasteiger partial charge on any atom is 0.307 e. The normalized spacial score (nSPS) is 21.4. The average molecular weight is 274 g/mol. The van der Waals surface area contributed by atoms with E-state index in [4.69, 9.17) is 5.11 Å². The van der Waals surface area contributed by atoms with Crippen LogP contribution in [0.3, 0.4) is 0 Å². The maximum atomic E-state index is 12.1. The van der Waals surface area contributed by atoms with E-state index in [-0.39, 0.29) is 5.91 Å². The van der Waals surface area contributed by atoms with Crippen LogP contribution in [0.25, 0.3) is 0 Å². The second kappa shape index (κ2) is 6.84. The Balaban J connectivity index is 1.85. The molecule has 2 N–H and O–H groups in total. The highest BCUT2D eigenvalue weighted by Crippen LogP contribution is 2.25. The molecule has 2 atom stereocenters. The van der Waals surface area contributed by atoms with E-state index in [1.807, 2.05) is 24.3 Å². The standard InChI is InChI=1S/C15H18N2O3/c18-14(12-3-1-2-4-13(12)15(19)20)17-10-7-11-5-8-16-9-6-11/h1-2,5-6,8-9,12-13H,3-4,7,10H2,(H,17,18)(H,19,20)/t12-,13-/m0/s1. The summed E-state index contributed by atoms with van der Waals surface area (Å²) in [5.41, 5.74) is 1.10. The summed E-state index contributed by atoms with van der Waals surface area (Å²) in [6.07, 6.45) is 8.78. The molecule has 1 aromatic rings. The highest BCUT2D eigenvalue weighted by molar-refractivity contribution is 5.85. The molecule has 0 radical (unpaired) electrons. The zero-order valence-corrected chi connectivity index (χ0v) is 11.2. The predicted molar refractivity (Wildman–Crippen MR) is 73.9 cm³/mol. The van der Waals surface area contributed by atoms with Gasteiger partial charge in [0.1, 0.15) is 0 Å². The number of hydrogen-bond donors (Lipinski definition) is 2. The number of carboxylic acids is 1. The van der Waals surface area contributed by atoms with Crippen molar-refractivity contribution < 1.29 is 14.7 Å². The lowest BCUT2D eigenvalue weighted by molar-refractivity contribution is -0.147. The van der Waals surface area contributed by atoms with Gasteiger partial charge >= 0.3 is 5.97 Å². The molecule has 0 saturated carbocycles. The van der Waals surface area contributed by atoms with Gasteiger partial charge in [0.25, 0.3) is 0 Å². The van der Waals surface area contributed by atoms with Crippen LogP contribution < -0.4 is 5.32 Å². The minimum atomic E-state index is -0.899. The SMILES string of the molecule is O=C(O)[C@H]1CC=CC[C@@H]1C(=O)NCCc1ccncc1. The molecule has 0 bridgehead atoms. The van der Waals surface area contributed by atoms with Gasteiger partial charge in [-0.15, -0.1) is 0 Å². The first-order chi connectivity index (χ1) is 9.68. The first-order valence-corrected chi connectivity index (χ1v) is 6.73. The van der Waals surface area contributed by atoms with Crippen molar-refractivity contribution in [1.82, 2.24) is 10.3 Å². The molecule has 2 rings (SSSR count). The molecule has 0 spiro atoms. The largest absolute Gasteiger partial charge is 0.481 e. The molecule has 20 heavy (non-hydrogen) atoms. The molecule has 1 heterocycles. The van der Waals surface area contributed by atoms with Gasteiger partial charge in [-0.3, -0.25) is 14.6 Å². The first-order valence-electron chi connectivity index (χ1n) is 6.73. The molecule has 5 heteroatoms. The lowest BCUT2D eigenvalue weighted by atomic mass is 9.82. The summed E-state index contributed by atoms with van der Waals surface area (Å²) in [6, 6.07) is 3.80. The van der Waals surface area contributed by atoms with Crippen molar-refractivity contribution >= 4 is 11.9 Å². The lowest BCUT2D eigenvalue weighted by Gasteiger charge is -2.24. The Bertz CT molecular complexity index is 499. The van der Waals surface area contributed by atoms with Crippen LogP contribution in [0.4, 0.5) is 0 Å². The number of amides is 1. The van der Waals surface area contributed by atoms with Gasteiger partial charge in [-0.1, -0.05) is 12.2 Å². The van der Waals surface area contributed by atoms with E-state index in [2.05, 4.69) is 10.3 Å². The maximum absolute atomic E-state index is 12.1. The summed E-state index contributed by atoms with van der Waals surface area (Å²) in [5, 5.41) is 12.0. The third-order valence-electron chi connectivity index (χ3n) is 3.55. The van der Waals surface area contributed by atoms with Crippen molar-refractivity contribution in [3.8, 4) is 0 Å². The fourth-order valence-electron chi connectivity index (χ4n) is 2.39. The van der Waals surface area contributed by atoms with E-state index < -0.39 is 17.8 Å². The molecule has 5 nitrogen and oxygen atoms in total. The average Bonchev–Trinajstić information content (AvgIpc) is 2.48. The monoisotopic (exact) mass is 274 g/mol. The second-order valence-corrected chi connectivity index (χ2v) is 4.89. The second-order valence-electron chi connectivity index (χ2n) is 4.89. The van der Waals surface area contributed by atoms with Crippen LogP contribution >= 0.6 is 0 Å². The zero-order chi connectivity index (χ0) is 14.4. The Hall–Kier alpha value is -2.17. The Kier molecular flexibility index (Phi) is 4.87. The predicted octanol–water partition coefficient (Wildman–Crippen LogP) is 1.41. The Morgan fingerprint density at radius 1 is 1.20 bits per heavy atom. The zero-order valence-electron chi connectivity index (χ0n) is 11.2. The van der Waals surface area contributed by atoms with Crippen molar-refractivity contribution in [2.75, 3.05) is 6.54 Å². The molecule has 0 saturated heterocycles. The smallest absolute Gasteiger partial charge is 0.307 e. The fourth-order valence-corrected chi connectivity index (χ4v) is 2.39. The van der Waals surface area contributed by atoms with Gasteiger partial charge in [-0.05, 0) is 37.0 Å². The van der Waals surface area contributed by atoms with Crippen LogP contribution in [0, 0.1) is 11.8 Å². The Morgan fingerprint density at radius 2 is 1.85 bits per heavy atom. The van der Waals surface area contributed by atoms with Gasteiger partial charge in [0.15, 0.2) is 0 Å². The number of allylic oxidation sites excluding steroid dienone is 2. The number of carbonyl (C=O) groups excluding carboxylic acids is 1. The third kappa shape index (κ3) is 3.66. The number of aromatic nitrogens is 1. The highest BCUT2D eigenvalue weighted by Gasteiger charge is 2.33. The number of carboxylic acid groups (broad SMARTS) is 1. The van der Waals surface area contributed by atoms with E-state index in [0.717, 1.165) is 5.56 Å². The number of nitrogens with one attached hydrogen (secondary N) is 1. The highest BCUT2D eigenvalue weighted by atomic mass is 16.4. The summed E-state index contributed by atoms with van der Waals surface area (Å²) >= 11 is 0. The third-order valence-corrected chi connectivity index (χ3v) is 3.55. The Labute approximate surface area is 117 Å². The fraction of sp³-hybridized carbons (Fsp3) is 0.400. The first kappa shape index (κ1) is 14.2. The van der Waals surface area contributed by atoms with Crippen LogP contribution in [0.15, 0.2) is 36.7 Å². The van der Waals surface area contributed by atoms with Gasteiger partial charge in [0, 0.05) is 18.9 Å². The number of aliphatic carboxylic acids is 1. The summed E-state index contributed by atoms with van der Waals surface area (Å²) in [5.74, 6) is -2.14. The molecule has 0 fully saturated rings. The van der Waals surface area contributed by atoms with Gasteiger partial charge in [-0.25, -0.2) is 0 Å². The van der Waals surface area contributed by atoms with Gasteiger partial charge < -0.3 is 10.4 Å². The van der Waals surface area contributed by atoms with E-state index in [1.54, 1.807) is 12.4 Å².